The normalized spacial score (nSPS) is 24.6. The number of halogens is 3. The van der Waals surface area contributed by atoms with Gasteiger partial charge in [-0.05, 0) is 49.7 Å². The van der Waals surface area contributed by atoms with Gasteiger partial charge >= 0.3 is 6.18 Å². The number of nitrogens with zero attached hydrogens (tertiary/aromatic N) is 4. The predicted molar refractivity (Wildman–Crippen MR) is 118 cm³/mol. The molecule has 4 aromatic heterocycles. The van der Waals surface area contributed by atoms with Crippen molar-refractivity contribution in [1.29, 1.82) is 0 Å². The van der Waals surface area contributed by atoms with Gasteiger partial charge in [0.15, 0.2) is 5.69 Å². The summed E-state index contributed by atoms with van der Waals surface area (Å²) in [5.74, 6) is 0.443. The molecule has 8 nitrogen and oxygen atoms in total. The number of aromatic amines is 1. The quantitative estimate of drug-likeness (QED) is 0.417. The molecule has 0 aromatic carbocycles. The van der Waals surface area contributed by atoms with Crippen molar-refractivity contribution >= 4 is 28.3 Å². The van der Waals surface area contributed by atoms with Crippen molar-refractivity contribution in [2.75, 3.05) is 5.32 Å². The average Bonchev–Trinajstić information content (AvgIpc) is 3.18. The summed E-state index contributed by atoms with van der Waals surface area (Å²) in [6.07, 6.45) is 5.97. The summed E-state index contributed by atoms with van der Waals surface area (Å²) >= 11 is 0. The van der Waals surface area contributed by atoms with Gasteiger partial charge in [-0.3, -0.25) is 19.3 Å². The van der Waals surface area contributed by atoms with Crippen molar-refractivity contribution in [3.05, 3.63) is 54.2 Å². The van der Waals surface area contributed by atoms with Crippen LogP contribution in [0.5, 0.6) is 0 Å². The molecule has 4 heterocycles. The molecule has 0 bridgehead atoms. The molecular formula is C23H22F3N7O. The van der Waals surface area contributed by atoms with Crippen LogP contribution in [0.15, 0.2) is 43.0 Å². The lowest BCUT2D eigenvalue weighted by Gasteiger charge is -2.31. The molecule has 0 saturated heterocycles. The van der Waals surface area contributed by atoms with Crippen molar-refractivity contribution in [2.45, 2.75) is 50.4 Å². The lowest BCUT2D eigenvalue weighted by Crippen LogP contribution is -2.34. The number of nitrogens with one attached hydrogen (secondary N) is 3. The van der Waals surface area contributed by atoms with Gasteiger partial charge in [0.2, 0.25) is 0 Å². The van der Waals surface area contributed by atoms with E-state index in [1.165, 1.54) is 4.40 Å². The van der Waals surface area contributed by atoms with E-state index in [0.717, 1.165) is 43.7 Å². The van der Waals surface area contributed by atoms with E-state index in [2.05, 4.69) is 30.8 Å². The van der Waals surface area contributed by atoms with Gasteiger partial charge in [0.25, 0.3) is 5.91 Å². The zero-order valence-corrected chi connectivity index (χ0v) is 18.1. The maximum absolute atomic E-state index is 13.1. The predicted octanol–water partition coefficient (Wildman–Crippen LogP) is 4.17. The molecule has 4 aromatic rings. The molecule has 3 N–H and O–H groups in total. The van der Waals surface area contributed by atoms with Gasteiger partial charge in [-0.1, -0.05) is 6.07 Å². The van der Waals surface area contributed by atoms with Crippen molar-refractivity contribution in [1.82, 2.24) is 29.9 Å². The fraction of sp³-hybridized carbons (Fsp3) is 0.391. The van der Waals surface area contributed by atoms with Crippen LogP contribution in [0.1, 0.15) is 48.2 Å². The van der Waals surface area contributed by atoms with Crippen LogP contribution in [0.4, 0.5) is 19.0 Å². The number of carbonyl (C=O) groups is 1. The molecule has 2 saturated carbocycles. The first-order chi connectivity index (χ1) is 16.3. The molecule has 176 valence electrons. The Morgan fingerprint density at radius 3 is 2.79 bits per heavy atom. The highest BCUT2D eigenvalue weighted by Gasteiger charge is 2.55. The number of anilines is 1. The summed E-state index contributed by atoms with van der Waals surface area (Å²) < 4.78 is 40.7. The largest absolute Gasteiger partial charge is 0.434 e. The number of H-pyrrole nitrogens is 1. The summed E-state index contributed by atoms with van der Waals surface area (Å²) in [7, 11) is 0. The summed E-state index contributed by atoms with van der Waals surface area (Å²) in [4.78, 5) is 20.7. The highest BCUT2D eigenvalue weighted by Crippen LogP contribution is 2.56. The monoisotopic (exact) mass is 469 g/mol. The SMILES string of the molecule is O=C(N[C@H]1CC12CCC(Nc1cccc3nc(C(F)(F)F)cn13)CC2)c1cncc2cn[nH]c12. The Labute approximate surface area is 192 Å². The van der Waals surface area contributed by atoms with Crippen LogP contribution in [0.2, 0.25) is 0 Å². The average molecular weight is 469 g/mol. The smallest absolute Gasteiger partial charge is 0.368 e. The van der Waals surface area contributed by atoms with Crippen molar-refractivity contribution in [2.24, 2.45) is 5.41 Å². The Hall–Kier alpha value is -3.63. The summed E-state index contributed by atoms with van der Waals surface area (Å²) in [5.41, 5.74) is 0.614. The van der Waals surface area contributed by atoms with E-state index < -0.39 is 11.9 Å². The van der Waals surface area contributed by atoms with Gasteiger partial charge in [0.1, 0.15) is 11.5 Å². The zero-order chi connectivity index (χ0) is 23.5. The third-order valence-corrected chi connectivity index (χ3v) is 7.21. The standard InChI is InChI=1S/C23H22F3N7O/c24-23(25,26)17-12-33-18(2-1-3-19(33)30-17)29-14-4-6-22(7-5-14)8-16(22)31-21(34)15-11-27-9-13-10-28-32-20(13)15/h1-3,9-12,14,16,29H,4-8H2,(H,28,32)(H,31,34)/t14?,16-,22?/m0/s1. The molecule has 0 unspecified atom stereocenters. The molecule has 2 aliphatic carbocycles. The molecule has 1 amide bonds. The van der Waals surface area contributed by atoms with Crippen molar-refractivity contribution in [3.63, 3.8) is 0 Å². The molecule has 0 aliphatic heterocycles. The maximum atomic E-state index is 13.1. The Morgan fingerprint density at radius 1 is 1.18 bits per heavy atom. The topological polar surface area (TPSA) is 100 Å². The third kappa shape index (κ3) is 3.55. The molecule has 34 heavy (non-hydrogen) atoms. The second kappa shape index (κ2) is 7.44. The first kappa shape index (κ1) is 20.9. The van der Waals surface area contributed by atoms with Gasteiger partial charge in [-0.25, -0.2) is 4.98 Å². The third-order valence-electron chi connectivity index (χ3n) is 7.21. The van der Waals surface area contributed by atoms with Gasteiger partial charge in [0, 0.05) is 36.1 Å². The molecule has 0 radical (unpaired) electrons. The van der Waals surface area contributed by atoms with E-state index in [0.29, 0.717) is 16.9 Å². The lowest BCUT2D eigenvalue weighted by atomic mass is 9.82. The Morgan fingerprint density at radius 2 is 2.00 bits per heavy atom. The highest BCUT2D eigenvalue weighted by atomic mass is 19.4. The molecule has 11 heteroatoms. The molecule has 2 aliphatic rings. The number of hydrogen-bond acceptors (Lipinski definition) is 5. The van der Waals surface area contributed by atoms with Crippen LogP contribution in [0.3, 0.4) is 0 Å². The molecule has 1 atom stereocenters. The number of pyridine rings is 2. The van der Waals surface area contributed by atoms with Crippen LogP contribution < -0.4 is 10.6 Å². The summed E-state index contributed by atoms with van der Waals surface area (Å²) in [5, 5.41) is 14.2. The summed E-state index contributed by atoms with van der Waals surface area (Å²) in [6, 6.07) is 5.30. The fourth-order valence-corrected chi connectivity index (χ4v) is 5.19. The minimum atomic E-state index is -4.48. The molecular weight excluding hydrogens is 447 g/mol. The number of fused-ring (bicyclic) bond motifs is 2. The number of hydrogen-bond donors (Lipinski definition) is 3. The molecule has 2 fully saturated rings. The van der Waals surface area contributed by atoms with Gasteiger partial charge in [0.05, 0.1) is 17.3 Å². The van der Waals surface area contributed by atoms with Crippen LogP contribution >= 0.6 is 0 Å². The van der Waals surface area contributed by atoms with Crippen LogP contribution in [-0.4, -0.2) is 42.6 Å². The maximum Gasteiger partial charge on any atom is 0.434 e. The van der Waals surface area contributed by atoms with Crippen molar-refractivity contribution in [3.8, 4) is 0 Å². The van der Waals surface area contributed by atoms with E-state index in [-0.39, 0.29) is 29.1 Å². The fourth-order valence-electron chi connectivity index (χ4n) is 5.19. The second-order valence-electron chi connectivity index (χ2n) is 9.30. The minimum absolute atomic E-state index is 0.0909. The first-order valence-corrected chi connectivity index (χ1v) is 11.2. The molecule has 6 rings (SSSR count). The number of alkyl halides is 3. The van der Waals surface area contributed by atoms with E-state index in [9.17, 15) is 18.0 Å². The highest BCUT2D eigenvalue weighted by molar-refractivity contribution is 6.05. The van der Waals surface area contributed by atoms with Crippen LogP contribution in [0.25, 0.3) is 16.6 Å². The molecule has 1 spiro atoms. The van der Waals surface area contributed by atoms with Crippen molar-refractivity contribution < 1.29 is 18.0 Å². The Kier molecular flexibility index (Phi) is 4.58. The van der Waals surface area contributed by atoms with Gasteiger partial charge in [-0.15, -0.1) is 0 Å². The Bertz CT molecular complexity index is 1380. The van der Waals surface area contributed by atoms with Gasteiger partial charge < -0.3 is 10.6 Å². The van der Waals surface area contributed by atoms with E-state index >= 15 is 0 Å². The minimum Gasteiger partial charge on any atom is -0.368 e. The first-order valence-electron chi connectivity index (χ1n) is 11.2. The zero-order valence-electron chi connectivity index (χ0n) is 18.1. The Balaban J connectivity index is 1.09. The number of imidazole rings is 1. The van der Waals surface area contributed by atoms with E-state index in [1.807, 2.05) is 0 Å². The number of amides is 1. The van der Waals surface area contributed by atoms with E-state index in [4.69, 9.17) is 0 Å². The van der Waals surface area contributed by atoms with Crippen LogP contribution in [0, 0.1) is 5.41 Å². The number of rotatable bonds is 4. The number of aromatic nitrogens is 5. The lowest BCUT2D eigenvalue weighted by molar-refractivity contribution is -0.140. The second-order valence-corrected chi connectivity index (χ2v) is 9.30. The van der Waals surface area contributed by atoms with Gasteiger partial charge in [-0.2, -0.15) is 18.3 Å². The van der Waals surface area contributed by atoms with E-state index in [1.54, 1.807) is 36.8 Å². The number of carbonyl (C=O) groups excluding carboxylic acids is 1. The van der Waals surface area contributed by atoms with Crippen LogP contribution in [-0.2, 0) is 6.18 Å². The summed E-state index contributed by atoms with van der Waals surface area (Å²) in [6.45, 7) is 0.